The van der Waals surface area contributed by atoms with E-state index in [0.29, 0.717) is 0 Å². The van der Waals surface area contributed by atoms with E-state index in [2.05, 4.69) is 33.0 Å². The first kappa shape index (κ1) is 15.0. The Labute approximate surface area is 109 Å². The Morgan fingerprint density at radius 3 is 2.18 bits per heavy atom. The predicted molar refractivity (Wildman–Crippen MR) is 77.3 cm³/mol. The number of rotatable bonds is 7. The van der Waals surface area contributed by atoms with Crippen molar-refractivity contribution < 1.29 is 0 Å². The minimum atomic E-state index is 0.757. The zero-order chi connectivity index (χ0) is 12.7. The van der Waals surface area contributed by atoms with E-state index >= 15 is 0 Å². The van der Waals surface area contributed by atoms with Crippen LogP contribution in [0.15, 0.2) is 0 Å². The lowest BCUT2D eigenvalue weighted by atomic mass is 9.74. The SMILES string of the molecule is CCCCC1CCC(C(NCC)C(C)C)CC1. The van der Waals surface area contributed by atoms with Crippen LogP contribution in [0.3, 0.4) is 0 Å². The molecule has 0 spiro atoms. The van der Waals surface area contributed by atoms with Crippen molar-refractivity contribution in [2.45, 2.75) is 78.7 Å². The highest BCUT2D eigenvalue weighted by molar-refractivity contribution is 4.83. The van der Waals surface area contributed by atoms with Crippen LogP contribution >= 0.6 is 0 Å². The van der Waals surface area contributed by atoms with E-state index < -0.39 is 0 Å². The molecule has 17 heavy (non-hydrogen) atoms. The Morgan fingerprint density at radius 1 is 1.06 bits per heavy atom. The highest BCUT2D eigenvalue weighted by Crippen LogP contribution is 2.35. The Balaban J connectivity index is 2.33. The summed E-state index contributed by atoms with van der Waals surface area (Å²) < 4.78 is 0. The summed E-state index contributed by atoms with van der Waals surface area (Å²) in [5.41, 5.74) is 0. The van der Waals surface area contributed by atoms with Crippen molar-refractivity contribution in [3.63, 3.8) is 0 Å². The minimum absolute atomic E-state index is 0.757. The normalized spacial score (nSPS) is 27.4. The van der Waals surface area contributed by atoms with Crippen LogP contribution in [0, 0.1) is 17.8 Å². The molecule has 1 aliphatic rings. The van der Waals surface area contributed by atoms with Gasteiger partial charge in [0.05, 0.1) is 0 Å². The second-order valence-corrected chi connectivity index (χ2v) is 6.25. The van der Waals surface area contributed by atoms with Gasteiger partial charge in [0, 0.05) is 6.04 Å². The van der Waals surface area contributed by atoms with E-state index in [1.54, 1.807) is 0 Å². The van der Waals surface area contributed by atoms with Gasteiger partial charge in [-0.05, 0) is 37.1 Å². The molecule has 1 aliphatic carbocycles. The van der Waals surface area contributed by atoms with Gasteiger partial charge in [0.2, 0.25) is 0 Å². The number of unbranched alkanes of at least 4 members (excludes halogenated alkanes) is 1. The van der Waals surface area contributed by atoms with Crippen LogP contribution in [0.5, 0.6) is 0 Å². The van der Waals surface area contributed by atoms with Crippen molar-refractivity contribution in [3.8, 4) is 0 Å². The number of nitrogens with one attached hydrogen (secondary N) is 1. The lowest BCUT2D eigenvalue weighted by Crippen LogP contribution is -2.41. The summed E-state index contributed by atoms with van der Waals surface area (Å²) in [5.74, 6) is 2.76. The molecule has 1 saturated carbocycles. The molecule has 0 aliphatic heterocycles. The molecule has 0 bridgehead atoms. The van der Waals surface area contributed by atoms with Gasteiger partial charge in [-0.3, -0.25) is 0 Å². The third-order valence-corrected chi connectivity index (χ3v) is 4.52. The summed E-state index contributed by atoms with van der Waals surface area (Å²) in [6, 6.07) is 0.757. The van der Waals surface area contributed by atoms with Crippen LogP contribution in [0.4, 0.5) is 0 Å². The second-order valence-electron chi connectivity index (χ2n) is 6.25. The molecule has 0 aromatic heterocycles. The first-order valence-corrected chi connectivity index (χ1v) is 7.92. The summed E-state index contributed by atoms with van der Waals surface area (Å²) in [6.07, 6.45) is 10.2. The summed E-state index contributed by atoms with van der Waals surface area (Å²) in [6.45, 7) is 10.4. The first-order valence-electron chi connectivity index (χ1n) is 7.92. The van der Waals surface area contributed by atoms with Crippen molar-refractivity contribution >= 4 is 0 Å². The van der Waals surface area contributed by atoms with E-state index in [9.17, 15) is 0 Å². The molecule has 0 aromatic carbocycles. The van der Waals surface area contributed by atoms with E-state index in [0.717, 1.165) is 30.3 Å². The second kappa shape index (κ2) is 8.13. The standard InChI is InChI=1S/C16H33N/c1-5-7-8-14-9-11-15(12-10-14)16(13(3)4)17-6-2/h13-17H,5-12H2,1-4H3. The Kier molecular flexibility index (Phi) is 7.18. The summed E-state index contributed by atoms with van der Waals surface area (Å²) in [4.78, 5) is 0. The maximum Gasteiger partial charge on any atom is 0.0118 e. The third kappa shape index (κ3) is 4.99. The first-order chi connectivity index (χ1) is 8.19. The van der Waals surface area contributed by atoms with Gasteiger partial charge in [0.25, 0.3) is 0 Å². The molecular weight excluding hydrogens is 206 g/mol. The molecule has 0 amide bonds. The van der Waals surface area contributed by atoms with Gasteiger partial charge < -0.3 is 5.32 Å². The highest BCUT2D eigenvalue weighted by Gasteiger charge is 2.28. The van der Waals surface area contributed by atoms with Gasteiger partial charge in [-0.15, -0.1) is 0 Å². The lowest BCUT2D eigenvalue weighted by Gasteiger charge is -2.36. The quantitative estimate of drug-likeness (QED) is 0.683. The average molecular weight is 239 g/mol. The molecule has 102 valence electrons. The number of hydrogen-bond acceptors (Lipinski definition) is 1. The van der Waals surface area contributed by atoms with Crippen molar-refractivity contribution in [2.75, 3.05) is 6.54 Å². The van der Waals surface area contributed by atoms with E-state index in [4.69, 9.17) is 0 Å². The molecule has 1 heteroatoms. The highest BCUT2D eigenvalue weighted by atomic mass is 14.9. The van der Waals surface area contributed by atoms with Gasteiger partial charge in [0.1, 0.15) is 0 Å². The fourth-order valence-corrected chi connectivity index (χ4v) is 3.51. The van der Waals surface area contributed by atoms with Crippen LogP contribution in [-0.2, 0) is 0 Å². The lowest BCUT2D eigenvalue weighted by molar-refractivity contribution is 0.185. The molecule has 0 radical (unpaired) electrons. The summed E-state index contributed by atoms with van der Waals surface area (Å²) >= 11 is 0. The Bertz CT molecular complexity index is 180. The number of hydrogen-bond donors (Lipinski definition) is 1. The minimum Gasteiger partial charge on any atom is -0.314 e. The molecule has 1 atom stereocenters. The molecule has 1 unspecified atom stereocenters. The van der Waals surface area contributed by atoms with E-state index in [-0.39, 0.29) is 0 Å². The Hall–Kier alpha value is -0.0400. The predicted octanol–water partition coefficient (Wildman–Crippen LogP) is 4.62. The van der Waals surface area contributed by atoms with E-state index in [1.165, 1.54) is 44.9 Å². The Morgan fingerprint density at radius 2 is 1.71 bits per heavy atom. The van der Waals surface area contributed by atoms with Crippen molar-refractivity contribution in [3.05, 3.63) is 0 Å². The fourth-order valence-electron chi connectivity index (χ4n) is 3.51. The zero-order valence-electron chi connectivity index (χ0n) is 12.5. The topological polar surface area (TPSA) is 12.0 Å². The van der Waals surface area contributed by atoms with Gasteiger partial charge >= 0.3 is 0 Å². The maximum absolute atomic E-state index is 3.71. The molecule has 1 fully saturated rings. The largest absolute Gasteiger partial charge is 0.314 e. The van der Waals surface area contributed by atoms with Crippen molar-refractivity contribution in [2.24, 2.45) is 17.8 Å². The van der Waals surface area contributed by atoms with Crippen LogP contribution in [0.25, 0.3) is 0 Å². The third-order valence-electron chi connectivity index (χ3n) is 4.52. The molecule has 1 rings (SSSR count). The molecule has 0 aromatic rings. The van der Waals surface area contributed by atoms with Crippen LogP contribution < -0.4 is 5.32 Å². The van der Waals surface area contributed by atoms with Gasteiger partial charge in [-0.1, -0.05) is 59.8 Å². The fraction of sp³-hybridized carbons (Fsp3) is 1.00. The molecule has 0 saturated heterocycles. The zero-order valence-corrected chi connectivity index (χ0v) is 12.5. The van der Waals surface area contributed by atoms with Gasteiger partial charge in [-0.25, -0.2) is 0 Å². The van der Waals surface area contributed by atoms with Crippen LogP contribution in [0.2, 0.25) is 0 Å². The maximum atomic E-state index is 3.71. The summed E-state index contributed by atoms with van der Waals surface area (Å²) in [5, 5.41) is 3.71. The van der Waals surface area contributed by atoms with Gasteiger partial charge in [0.15, 0.2) is 0 Å². The summed E-state index contributed by atoms with van der Waals surface area (Å²) in [7, 11) is 0. The van der Waals surface area contributed by atoms with Crippen molar-refractivity contribution in [1.82, 2.24) is 5.32 Å². The molecule has 0 heterocycles. The van der Waals surface area contributed by atoms with Crippen LogP contribution in [0.1, 0.15) is 72.6 Å². The molecule has 1 N–H and O–H groups in total. The van der Waals surface area contributed by atoms with E-state index in [1.807, 2.05) is 0 Å². The average Bonchev–Trinajstić information content (AvgIpc) is 2.34. The molecule has 1 nitrogen and oxygen atoms in total. The van der Waals surface area contributed by atoms with Gasteiger partial charge in [-0.2, -0.15) is 0 Å². The monoisotopic (exact) mass is 239 g/mol. The van der Waals surface area contributed by atoms with Crippen molar-refractivity contribution in [1.29, 1.82) is 0 Å². The van der Waals surface area contributed by atoms with Crippen LogP contribution in [-0.4, -0.2) is 12.6 Å². The smallest absolute Gasteiger partial charge is 0.0118 e. The molecular formula is C16H33N.